The number of sulfone groups is 1. The van der Waals surface area contributed by atoms with Gasteiger partial charge in [-0.3, -0.25) is 9.36 Å². The summed E-state index contributed by atoms with van der Waals surface area (Å²) >= 11 is 0.985. The second kappa shape index (κ2) is 11.8. The van der Waals surface area contributed by atoms with Crippen molar-refractivity contribution in [1.29, 1.82) is 0 Å². The fourth-order valence-corrected chi connectivity index (χ4v) is 7.49. The highest BCUT2D eigenvalue weighted by molar-refractivity contribution is 8.10. The van der Waals surface area contributed by atoms with Crippen LogP contribution in [0.5, 0.6) is 11.5 Å². The topological polar surface area (TPSA) is 127 Å². The van der Waals surface area contributed by atoms with E-state index in [1.54, 1.807) is 79.7 Å². The molecule has 0 amide bonds. The molecule has 3 aromatic carbocycles. The standard InChI is InChI=1S/C31H28N2O7S2/c1-4-40-31(35)28-26-24(17-19-10-8-12-21(16-19)38-2)25(32)30(42(36,37)23-14-6-5-7-15-23)33(26)29(34)27(41-28)20-11-9-13-22(18-20)39-3/h5-18,27H,4,32H2,1-3H3/b24-17+. The van der Waals surface area contributed by atoms with Crippen LogP contribution in [0.3, 0.4) is 0 Å². The maximum Gasteiger partial charge on any atom is 0.346 e. The van der Waals surface area contributed by atoms with E-state index < -0.39 is 32.0 Å². The first-order valence-corrected chi connectivity index (χ1v) is 15.3. The number of thioether (sulfide) groups is 1. The molecule has 1 atom stereocenters. The van der Waals surface area contributed by atoms with E-state index in [-0.39, 0.29) is 32.7 Å². The van der Waals surface area contributed by atoms with Crippen LogP contribution in [0.25, 0.3) is 11.0 Å². The molecule has 0 fully saturated rings. The first kappa shape index (κ1) is 29.0. The Kier molecular flexibility index (Phi) is 8.15. The number of nitrogens with two attached hydrogens (primary N) is 1. The fraction of sp³-hybridized carbons (Fsp3) is 0.161. The fourth-order valence-electron chi connectivity index (χ4n) is 4.74. The van der Waals surface area contributed by atoms with E-state index in [4.69, 9.17) is 19.9 Å². The lowest BCUT2D eigenvalue weighted by molar-refractivity contribution is -0.135. The highest BCUT2D eigenvalue weighted by Gasteiger charge is 2.40. The number of hydrogen-bond donors (Lipinski definition) is 1. The molecule has 2 heterocycles. The van der Waals surface area contributed by atoms with Gasteiger partial charge in [-0.05, 0) is 60.5 Å². The zero-order chi connectivity index (χ0) is 30.0. The zero-order valence-electron chi connectivity index (χ0n) is 23.1. The molecule has 216 valence electrons. The average Bonchev–Trinajstić information content (AvgIpc) is 3.30. The van der Waals surface area contributed by atoms with Crippen LogP contribution in [0.1, 0.15) is 28.1 Å². The maximum atomic E-state index is 14.3. The van der Waals surface area contributed by atoms with Gasteiger partial charge in [0.2, 0.25) is 15.7 Å². The molecule has 4 aromatic rings. The molecule has 0 radical (unpaired) electrons. The van der Waals surface area contributed by atoms with Crippen molar-refractivity contribution in [2.45, 2.75) is 22.1 Å². The van der Waals surface area contributed by atoms with Gasteiger partial charge in [-0.2, -0.15) is 0 Å². The number of aromatic nitrogens is 1. The van der Waals surface area contributed by atoms with Crippen molar-refractivity contribution in [3.8, 4) is 11.5 Å². The summed E-state index contributed by atoms with van der Waals surface area (Å²) in [4.78, 5) is 27.8. The van der Waals surface area contributed by atoms with Crippen LogP contribution < -0.4 is 25.8 Å². The third kappa shape index (κ3) is 5.17. The number of carbonyl (C=O) groups excluding carboxylic acids is 2. The number of methoxy groups -OCH3 is 2. The highest BCUT2D eigenvalue weighted by atomic mass is 32.2. The largest absolute Gasteiger partial charge is 0.497 e. The Balaban J connectivity index is 1.92. The van der Waals surface area contributed by atoms with Crippen LogP contribution in [-0.2, 0) is 19.4 Å². The summed E-state index contributed by atoms with van der Waals surface area (Å²) in [5.74, 6) is -0.223. The zero-order valence-corrected chi connectivity index (χ0v) is 24.7. The normalized spacial score (nSPS) is 15.3. The number of rotatable bonds is 8. The third-order valence-electron chi connectivity index (χ3n) is 6.67. The summed E-state index contributed by atoms with van der Waals surface area (Å²) in [6, 6.07) is 21.6. The lowest BCUT2D eigenvalue weighted by atomic mass is 10.1. The molecule has 1 unspecified atom stereocenters. The third-order valence-corrected chi connectivity index (χ3v) is 9.78. The molecule has 11 heteroatoms. The van der Waals surface area contributed by atoms with Crippen molar-refractivity contribution in [2.75, 3.05) is 26.6 Å². The van der Waals surface area contributed by atoms with Gasteiger partial charge in [-0.1, -0.05) is 54.2 Å². The number of carbonyl (C=O) groups is 2. The maximum absolute atomic E-state index is 14.3. The molecule has 42 heavy (non-hydrogen) atoms. The highest BCUT2D eigenvalue weighted by Crippen LogP contribution is 2.41. The molecule has 1 aromatic heterocycles. The Morgan fingerprint density at radius 3 is 2.31 bits per heavy atom. The number of fused-ring (bicyclic) bond motifs is 1. The van der Waals surface area contributed by atoms with Gasteiger partial charge < -0.3 is 19.9 Å². The number of nitrogens with zero attached hydrogens (tertiary/aromatic N) is 1. The minimum absolute atomic E-state index is 0.0495. The molecule has 1 aliphatic rings. The molecule has 0 spiro atoms. The van der Waals surface area contributed by atoms with Crippen molar-refractivity contribution in [2.24, 2.45) is 0 Å². The molecular formula is C31H28N2O7S2. The van der Waals surface area contributed by atoms with Crippen LogP contribution in [0.4, 0.5) is 5.69 Å². The van der Waals surface area contributed by atoms with Gasteiger partial charge in [0.15, 0.2) is 5.03 Å². The van der Waals surface area contributed by atoms with E-state index in [1.165, 1.54) is 26.4 Å². The lowest BCUT2D eigenvalue weighted by Gasteiger charge is -2.24. The number of nitrogen functional groups attached to an aromatic ring is 1. The van der Waals surface area contributed by atoms with Crippen molar-refractivity contribution in [3.05, 3.63) is 101 Å². The van der Waals surface area contributed by atoms with Gasteiger partial charge >= 0.3 is 5.97 Å². The summed E-state index contributed by atoms with van der Waals surface area (Å²) in [5.41, 5.74) is 7.61. The molecule has 5 rings (SSSR count). The molecule has 2 N–H and O–H groups in total. The van der Waals surface area contributed by atoms with Crippen LogP contribution in [-0.4, -0.2) is 45.7 Å². The smallest absolute Gasteiger partial charge is 0.346 e. The first-order chi connectivity index (χ1) is 20.2. The minimum atomic E-state index is -4.34. The van der Waals surface area contributed by atoms with E-state index in [0.717, 1.165) is 16.3 Å². The molecule has 9 nitrogen and oxygen atoms in total. The van der Waals surface area contributed by atoms with Gasteiger partial charge in [-0.25, -0.2) is 13.2 Å². The molecule has 0 saturated carbocycles. The Hall–Kier alpha value is -4.48. The Bertz CT molecular complexity index is 1920. The van der Waals surface area contributed by atoms with Gasteiger partial charge in [0.05, 0.1) is 36.8 Å². The summed E-state index contributed by atoms with van der Waals surface area (Å²) in [5, 5.41) is -1.16. The second-order valence-corrected chi connectivity index (χ2v) is 12.2. The molecule has 0 saturated heterocycles. The van der Waals surface area contributed by atoms with Crippen LogP contribution in [0, 0.1) is 0 Å². The van der Waals surface area contributed by atoms with E-state index in [2.05, 4.69) is 0 Å². The summed E-state index contributed by atoms with van der Waals surface area (Å²) in [6.45, 7) is 1.74. The summed E-state index contributed by atoms with van der Waals surface area (Å²) in [6.07, 6.45) is 1.63. The Labute approximate surface area is 247 Å². The van der Waals surface area contributed by atoms with Crippen molar-refractivity contribution >= 4 is 50.1 Å². The van der Waals surface area contributed by atoms with E-state index in [1.807, 2.05) is 0 Å². The minimum Gasteiger partial charge on any atom is -0.497 e. The summed E-state index contributed by atoms with van der Waals surface area (Å²) < 4.78 is 45.4. The number of anilines is 1. The Morgan fingerprint density at radius 1 is 0.976 bits per heavy atom. The molecular weight excluding hydrogens is 576 g/mol. The van der Waals surface area contributed by atoms with Gasteiger partial charge in [0, 0.05) is 5.22 Å². The van der Waals surface area contributed by atoms with E-state index >= 15 is 0 Å². The van der Waals surface area contributed by atoms with Crippen LogP contribution in [0.15, 0.2) is 88.8 Å². The van der Waals surface area contributed by atoms with Crippen molar-refractivity contribution < 1.29 is 32.2 Å². The number of benzene rings is 3. The van der Waals surface area contributed by atoms with E-state index in [0.29, 0.717) is 22.6 Å². The van der Waals surface area contributed by atoms with Gasteiger partial charge in [0.1, 0.15) is 21.7 Å². The molecule has 0 aliphatic carbocycles. The van der Waals surface area contributed by atoms with Crippen molar-refractivity contribution in [3.63, 3.8) is 0 Å². The first-order valence-electron chi connectivity index (χ1n) is 12.9. The summed E-state index contributed by atoms with van der Waals surface area (Å²) in [7, 11) is -1.31. The second-order valence-electron chi connectivity index (χ2n) is 9.22. The average molecular weight is 605 g/mol. The molecule has 0 bridgehead atoms. The monoisotopic (exact) mass is 604 g/mol. The van der Waals surface area contributed by atoms with Gasteiger partial charge in [-0.15, -0.1) is 0 Å². The van der Waals surface area contributed by atoms with Crippen LogP contribution in [0.2, 0.25) is 0 Å². The number of esters is 1. The predicted molar refractivity (Wildman–Crippen MR) is 161 cm³/mol. The van der Waals surface area contributed by atoms with Crippen molar-refractivity contribution in [1.82, 2.24) is 4.57 Å². The number of hydrogen-bond acceptors (Lipinski definition) is 9. The predicted octanol–water partition coefficient (Wildman–Crippen LogP) is 3.55. The van der Waals surface area contributed by atoms with E-state index in [9.17, 15) is 18.0 Å². The lowest BCUT2D eigenvalue weighted by Crippen LogP contribution is -2.42. The SMILES string of the molecule is CCOC(=O)C1=c2/c(=C/c3cccc(OC)c3)c(N)c(S(=O)(=O)c3ccccc3)n2C(=O)C(c2cccc(OC)c2)S1. The molecule has 1 aliphatic heterocycles. The van der Waals surface area contributed by atoms with Gasteiger partial charge in [0.25, 0.3) is 0 Å². The quantitative estimate of drug-likeness (QED) is 0.301. The Morgan fingerprint density at radius 2 is 1.64 bits per heavy atom. The van der Waals surface area contributed by atoms with Crippen LogP contribution >= 0.6 is 11.8 Å². The number of ether oxygens (including phenoxy) is 3.